The number of nitrogens with two attached hydrogens (primary N) is 2. The van der Waals surface area contributed by atoms with E-state index in [-0.39, 0.29) is 20.7 Å². The molecular weight excluding hydrogens is 392 g/mol. The van der Waals surface area contributed by atoms with Crippen LogP contribution in [-0.4, -0.2) is 20.7 Å². The van der Waals surface area contributed by atoms with Crippen molar-refractivity contribution in [3.05, 3.63) is 0 Å². The third-order valence-electron chi connectivity index (χ3n) is 5.90. The van der Waals surface area contributed by atoms with Crippen molar-refractivity contribution in [1.29, 1.82) is 0 Å². The second-order valence-corrected chi connectivity index (χ2v) is 12.4. The Morgan fingerprint density at radius 2 is 1.10 bits per heavy atom. The van der Waals surface area contributed by atoms with Gasteiger partial charge in [-0.25, -0.2) is 0 Å². The van der Waals surface area contributed by atoms with E-state index in [4.69, 9.17) is 11.5 Å². The predicted octanol–water partition coefficient (Wildman–Crippen LogP) is 4.72. The summed E-state index contributed by atoms with van der Waals surface area (Å²) in [6, 6.07) is 0.413. The van der Waals surface area contributed by atoms with E-state index in [0.29, 0.717) is 10.8 Å². The second-order valence-electron chi connectivity index (χ2n) is 9.20. The Bertz CT molecular complexity index is 360. The maximum absolute atomic E-state index is 6.56. The summed E-state index contributed by atoms with van der Waals surface area (Å²) in [6.07, 6.45) is 7.96. The highest BCUT2D eigenvalue weighted by Crippen LogP contribution is 2.53. The van der Waals surface area contributed by atoms with Gasteiger partial charge in [0, 0.05) is 20.7 Å². The lowest BCUT2D eigenvalue weighted by Crippen LogP contribution is -2.58. The first-order valence-corrected chi connectivity index (χ1v) is 9.85. The van der Waals surface area contributed by atoms with E-state index in [1.54, 1.807) is 0 Å². The number of rotatable bonds is 2. The minimum Gasteiger partial charge on any atom is -0.326 e. The number of alkyl halides is 2. The zero-order chi connectivity index (χ0) is 16.1. The Morgan fingerprint density at radius 1 is 0.762 bits per heavy atom. The molecule has 2 aliphatic carbocycles. The van der Waals surface area contributed by atoms with Gasteiger partial charge in [0.15, 0.2) is 0 Å². The van der Waals surface area contributed by atoms with E-state index in [1.165, 1.54) is 12.8 Å². The van der Waals surface area contributed by atoms with Gasteiger partial charge < -0.3 is 11.5 Å². The van der Waals surface area contributed by atoms with Crippen LogP contribution in [0.3, 0.4) is 0 Å². The first-order chi connectivity index (χ1) is 9.38. The van der Waals surface area contributed by atoms with Crippen LogP contribution >= 0.6 is 31.9 Å². The molecule has 0 amide bonds. The molecule has 2 saturated carbocycles. The minimum atomic E-state index is 0.0329. The summed E-state index contributed by atoms with van der Waals surface area (Å²) in [5.74, 6) is 0. The van der Waals surface area contributed by atoms with E-state index < -0.39 is 0 Å². The molecule has 4 heteroatoms. The highest BCUT2D eigenvalue weighted by Gasteiger charge is 2.51. The Morgan fingerprint density at radius 3 is 1.38 bits per heavy atom. The highest BCUT2D eigenvalue weighted by atomic mass is 79.9. The molecule has 0 aromatic rings. The SMILES string of the molecule is CC1(C)CCC(Br)(CC2(Br)CCC(C)(C)CC2N)C(N)C1. The average Bonchev–Trinajstić information content (AvgIpc) is 2.30. The lowest BCUT2D eigenvalue weighted by atomic mass is 9.64. The van der Waals surface area contributed by atoms with E-state index in [0.717, 1.165) is 32.1 Å². The molecular formula is C17H32Br2N2. The maximum atomic E-state index is 6.56. The zero-order valence-corrected chi connectivity index (χ0v) is 17.2. The van der Waals surface area contributed by atoms with Crippen LogP contribution in [0.25, 0.3) is 0 Å². The molecule has 124 valence electrons. The number of halogens is 2. The lowest BCUT2D eigenvalue weighted by Gasteiger charge is -2.52. The number of hydrogen-bond acceptors (Lipinski definition) is 2. The summed E-state index contributed by atoms with van der Waals surface area (Å²) in [5.41, 5.74) is 13.8. The van der Waals surface area contributed by atoms with Crippen molar-refractivity contribution < 1.29 is 0 Å². The van der Waals surface area contributed by atoms with Crippen molar-refractivity contribution in [2.24, 2.45) is 22.3 Å². The van der Waals surface area contributed by atoms with Crippen LogP contribution in [0.15, 0.2) is 0 Å². The Hall–Kier alpha value is 0.880. The molecule has 2 fully saturated rings. The van der Waals surface area contributed by atoms with Crippen LogP contribution in [0.5, 0.6) is 0 Å². The van der Waals surface area contributed by atoms with E-state index in [2.05, 4.69) is 59.6 Å². The van der Waals surface area contributed by atoms with Crippen LogP contribution in [0, 0.1) is 10.8 Å². The average molecular weight is 424 g/mol. The van der Waals surface area contributed by atoms with Crippen LogP contribution in [0.4, 0.5) is 0 Å². The van der Waals surface area contributed by atoms with Gasteiger partial charge in [0.25, 0.3) is 0 Å². The summed E-state index contributed by atoms with van der Waals surface area (Å²) in [6.45, 7) is 9.33. The molecule has 0 aliphatic heterocycles. The summed E-state index contributed by atoms with van der Waals surface area (Å²) in [5, 5.41) is 0. The van der Waals surface area contributed by atoms with Crippen LogP contribution < -0.4 is 11.5 Å². The van der Waals surface area contributed by atoms with Crippen molar-refractivity contribution in [1.82, 2.24) is 0 Å². The molecule has 0 heterocycles. The molecule has 0 bridgehead atoms. The molecule has 0 aromatic carbocycles. The molecule has 0 radical (unpaired) electrons. The maximum Gasteiger partial charge on any atom is 0.0422 e. The Labute approximate surface area is 147 Å². The Kier molecular flexibility index (Phi) is 4.99. The largest absolute Gasteiger partial charge is 0.326 e. The third kappa shape index (κ3) is 4.05. The second kappa shape index (κ2) is 5.75. The smallest absolute Gasteiger partial charge is 0.0422 e. The van der Waals surface area contributed by atoms with Crippen LogP contribution in [0.1, 0.15) is 72.6 Å². The van der Waals surface area contributed by atoms with Crippen molar-refractivity contribution in [3.8, 4) is 0 Å². The summed E-state index contributed by atoms with van der Waals surface area (Å²) >= 11 is 8.06. The molecule has 4 N–H and O–H groups in total. The highest BCUT2D eigenvalue weighted by molar-refractivity contribution is 9.10. The quantitative estimate of drug-likeness (QED) is 0.631. The Balaban J connectivity index is 2.10. The van der Waals surface area contributed by atoms with Gasteiger partial charge in [-0.3, -0.25) is 0 Å². The monoisotopic (exact) mass is 422 g/mol. The molecule has 0 saturated heterocycles. The fraction of sp³-hybridized carbons (Fsp3) is 1.00. The minimum absolute atomic E-state index is 0.0329. The van der Waals surface area contributed by atoms with Crippen molar-refractivity contribution in [2.75, 3.05) is 0 Å². The number of hydrogen-bond donors (Lipinski definition) is 2. The molecule has 2 rings (SSSR count). The van der Waals surface area contributed by atoms with E-state index in [9.17, 15) is 0 Å². The molecule has 4 unspecified atom stereocenters. The zero-order valence-electron chi connectivity index (χ0n) is 14.0. The summed E-state index contributed by atoms with van der Waals surface area (Å²) < 4.78 is 0.0657. The van der Waals surface area contributed by atoms with Crippen molar-refractivity contribution in [2.45, 2.75) is 93.4 Å². The van der Waals surface area contributed by atoms with Gasteiger partial charge in [-0.1, -0.05) is 59.6 Å². The van der Waals surface area contributed by atoms with Crippen LogP contribution in [-0.2, 0) is 0 Å². The van der Waals surface area contributed by atoms with Gasteiger partial charge in [0.1, 0.15) is 0 Å². The summed E-state index contributed by atoms with van der Waals surface area (Å²) in [4.78, 5) is 0. The normalized spacial score (nSPS) is 46.3. The molecule has 2 nitrogen and oxygen atoms in total. The van der Waals surface area contributed by atoms with Crippen LogP contribution in [0.2, 0.25) is 0 Å². The fourth-order valence-electron chi connectivity index (χ4n) is 4.15. The van der Waals surface area contributed by atoms with Gasteiger partial charge in [0.05, 0.1) is 0 Å². The standard InChI is InChI=1S/C17H32Br2N2/c1-14(2)5-7-16(18,12(20)9-14)11-17(19)8-6-15(3,4)10-13(17)21/h12-13H,5-11,20-21H2,1-4H3. The van der Waals surface area contributed by atoms with Gasteiger partial charge in [-0.15, -0.1) is 0 Å². The third-order valence-corrected chi connectivity index (χ3v) is 8.43. The topological polar surface area (TPSA) is 52.0 Å². The molecule has 21 heavy (non-hydrogen) atoms. The van der Waals surface area contributed by atoms with Crippen molar-refractivity contribution >= 4 is 31.9 Å². The first kappa shape index (κ1) is 18.2. The first-order valence-electron chi connectivity index (χ1n) is 8.27. The van der Waals surface area contributed by atoms with Gasteiger partial charge >= 0.3 is 0 Å². The van der Waals surface area contributed by atoms with E-state index >= 15 is 0 Å². The molecule has 0 aromatic heterocycles. The van der Waals surface area contributed by atoms with Gasteiger partial charge in [-0.2, -0.15) is 0 Å². The van der Waals surface area contributed by atoms with Gasteiger partial charge in [-0.05, 0) is 55.8 Å². The molecule has 2 aliphatic rings. The summed E-state index contributed by atoms with van der Waals surface area (Å²) in [7, 11) is 0. The van der Waals surface area contributed by atoms with Crippen molar-refractivity contribution in [3.63, 3.8) is 0 Å². The van der Waals surface area contributed by atoms with E-state index in [1.807, 2.05) is 0 Å². The fourth-order valence-corrected chi connectivity index (χ4v) is 6.25. The molecule has 4 atom stereocenters. The molecule has 0 spiro atoms. The lowest BCUT2D eigenvalue weighted by molar-refractivity contribution is 0.139. The predicted molar refractivity (Wildman–Crippen MR) is 99.1 cm³/mol. The van der Waals surface area contributed by atoms with Gasteiger partial charge in [0.2, 0.25) is 0 Å².